The van der Waals surface area contributed by atoms with Crippen LogP contribution < -0.4 is 0 Å². The van der Waals surface area contributed by atoms with E-state index in [1.807, 2.05) is 19.9 Å². The highest BCUT2D eigenvalue weighted by Crippen LogP contribution is 2.08. The summed E-state index contributed by atoms with van der Waals surface area (Å²) in [7, 11) is 0. The molecule has 0 amide bonds. The SMILES string of the molecule is C/C=C/C/C=C/CCOC(CCC(=O)OCCC)OCC/C=C/C/C=C/CC. The summed E-state index contributed by atoms with van der Waals surface area (Å²) in [5, 5.41) is 0. The molecule has 0 radical (unpaired) electrons. The molecule has 0 rings (SSSR count). The number of hydrogen-bond donors (Lipinski definition) is 0. The molecule has 4 heteroatoms. The van der Waals surface area contributed by atoms with Gasteiger partial charge >= 0.3 is 5.97 Å². The van der Waals surface area contributed by atoms with Gasteiger partial charge in [0.15, 0.2) is 6.29 Å². The summed E-state index contributed by atoms with van der Waals surface area (Å²) in [4.78, 5) is 11.7. The summed E-state index contributed by atoms with van der Waals surface area (Å²) in [6.45, 7) is 7.77. The van der Waals surface area contributed by atoms with E-state index < -0.39 is 0 Å². The smallest absolute Gasteiger partial charge is 0.305 e. The summed E-state index contributed by atoms with van der Waals surface area (Å²) >= 11 is 0. The van der Waals surface area contributed by atoms with Gasteiger partial charge in [-0.1, -0.05) is 62.5 Å². The Balaban J connectivity index is 4.17. The van der Waals surface area contributed by atoms with Crippen LogP contribution in [-0.2, 0) is 19.0 Å². The summed E-state index contributed by atoms with van der Waals surface area (Å²) < 4.78 is 16.8. The Morgan fingerprint density at radius 3 is 2.00 bits per heavy atom. The zero-order chi connectivity index (χ0) is 20.7. The maximum absolute atomic E-state index is 11.7. The lowest BCUT2D eigenvalue weighted by atomic mass is 10.3. The number of esters is 1. The van der Waals surface area contributed by atoms with Crippen LogP contribution in [0.2, 0.25) is 0 Å². The Bertz CT molecular complexity index is 463. The molecular formula is C24H40O4. The lowest BCUT2D eigenvalue weighted by molar-refractivity contribution is -0.157. The first-order chi connectivity index (χ1) is 13.7. The van der Waals surface area contributed by atoms with E-state index >= 15 is 0 Å². The second-order valence-corrected chi connectivity index (χ2v) is 6.37. The molecule has 0 saturated carbocycles. The van der Waals surface area contributed by atoms with Crippen molar-refractivity contribution in [3.63, 3.8) is 0 Å². The largest absolute Gasteiger partial charge is 0.466 e. The van der Waals surface area contributed by atoms with Crippen molar-refractivity contribution in [3.05, 3.63) is 48.6 Å². The molecule has 1 unspecified atom stereocenters. The summed E-state index contributed by atoms with van der Waals surface area (Å²) in [6, 6.07) is 0. The first kappa shape index (κ1) is 26.4. The quantitative estimate of drug-likeness (QED) is 0.119. The topological polar surface area (TPSA) is 44.8 Å². The first-order valence-electron chi connectivity index (χ1n) is 10.7. The number of rotatable bonds is 18. The highest BCUT2D eigenvalue weighted by Gasteiger charge is 2.12. The highest BCUT2D eigenvalue weighted by molar-refractivity contribution is 5.69. The molecule has 28 heavy (non-hydrogen) atoms. The van der Waals surface area contributed by atoms with Crippen LogP contribution in [0.1, 0.15) is 72.1 Å². The van der Waals surface area contributed by atoms with Gasteiger partial charge in [0, 0.05) is 6.42 Å². The fourth-order valence-corrected chi connectivity index (χ4v) is 2.26. The lowest BCUT2D eigenvalue weighted by Crippen LogP contribution is -2.20. The normalized spacial score (nSPS) is 13.4. The van der Waals surface area contributed by atoms with E-state index in [9.17, 15) is 4.79 Å². The Morgan fingerprint density at radius 2 is 1.43 bits per heavy atom. The van der Waals surface area contributed by atoms with E-state index in [-0.39, 0.29) is 12.3 Å². The molecule has 0 spiro atoms. The van der Waals surface area contributed by atoms with Gasteiger partial charge in [-0.05, 0) is 45.4 Å². The van der Waals surface area contributed by atoms with Crippen LogP contribution in [0.15, 0.2) is 48.6 Å². The van der Waals surface area contributed by atoms with Crippen molar-refractivity contribution >= 4 is 5.97 Å². The van der Waals surface area contributed by atoms with Crippen LogP contribution in [0, 0.1) is 0 Å². The molecule has 1 atom stereocenters. The van der Waals surface area contributed by atoms with Gasteiger partial charge in [0.25, 0.3) is 0 Å². The molecule has 0 bridgehead atoms. The average molecular weight is 393 g/mol. The minimum absolute atomic E-state index is 0.187. The Hall–Kier alpha value is -1.65. The third-order valence-corrected chi connectivity index (χ3v) is 3.74. The first-order valence-corrected chi connectivity index (χ1v) is 10.7. The van der Waals surface area contributed by atoms with Crippen molar-refractivity contribution in [2.24, 2.45) is 0 Å². The van der Waals surface area contributed by atoms with E-state index in [1.54, 1.807) is 0 Å². The number of carbonyl (C=O) groups is 1. The molecule has 0 aromatic rings. The van der Waals surface area contributed by atoms with Crippen LogP contribution in [0.3, 0.4) is 0 Å². The van der Waals surface area contributed by atoms with Crippen molar-refractivity contribution in [3.8, 4) is 0 Å². The van der Waals surface area contributed by atoms with Crippen molar-refractivity contribution in [2.45, 2.75) is 78.4 Å². The number of carbonyl (C=O) groups excluding carboxylic acids is 1. The minimum atomic E-state index is -0.369. The second kappa shape index (κ2) is 21.6. The second-order valence-electron chi connectivity index (χ2n) is 6.37. The van der Waals surface area contributed by atoms with E-state index in [4.69, 9.17) is 14.2 Å². The van der Waals surface area contributed by atoms with Gasteiger partial charge in [-0.3, -0.25) is 4.79 Å². The van der Waals surface area contributed by atoms with Gasteiger partial charge in [-0.15, -0.1) is 0 Å². The Kier molecular flexibility index (Phi) is 20.4. The molecular weight excluding hydrogens is 352 g/mol. The molecule has 0 aliphatic rings. The van der Waals surface area contributed by atoms with Crippen molar-refractivity contribution in [1.82, 2.24) is 0 Å². The summed E-state index contributed by atoms with van der Waals surface area (Å²) in [6.07, 6.45) is 22.9. The molecule has 0 heterocycles. The zero-order valence-electron chi connectivity index (χ0n) is 18.1. The third kappa shape index (κ3) is 19.1. The zero-order valence-corrected chi connectivity index (χ0v) is 18.1. The standard InChI is InChI=1S/C24H40O4/c1-4-7-9-11-13-15-17-22-28-24(19-18-23(25)26-20-6-3)27-21-16-14-12-10-8-5-2/h5,7-9,12-15,24H,4,6,10-11,16-22H2,1-3H3/b8-5+,9-7+,14-12+,15-13+. The van der Waals surface area contributed by atoms with E-state index in [0.717, 1.165) is 38.5 Å². The molecule has 0 fully saturated rings. The number of hydrogen-bond acceptors (Lipinski definition) is 4. The van der Waals surface area contributed by atoms with Crippen molar-refractivity contribution in [1.29, 1.82) is 0 Å². The van der Waals surface area contributed by atoms with Gasteiger partial charge in [-0.25, -0.2) is 0 Å². The highest BCUT2D eigenvalue weighted by atomic mass is 16.7. The molecule has 4 nitrogen and oxygen atoms in total. The number of allylic oxidation sites excluding steroid dienone is 6. The van der Waals surface area contributed by atoms with E-state index in [2.05, 4.69) is 49.5 Å². The predicted molar refractivity (Wildman–Crippen MR) is 117 cm³/mol. The third-order valence-electron chi connectivity index (χ3n) is 3.74. The molecule has 0 N–H and O–H groups in total. The van der Waals surface area contributed by atoms with Gasteiger partial charge in [0.05, 0.1) is 26.2 Å². The molecule has 160 valence electrons. The Labute approximate surface area is 172 Å². The van der Waals surface area contributed by atoms with E-state index in [0.29, 0.717) is 32.7 Å². The number of ether oxygens (including phenoxy) is 3. The molecule has 0 aliphatic carbocycles. The van der Waals surface area contributed by atoms with Gasteiger partial charge in [0.2, 0.25) is 0 Å². The van der Waals surface area contributed by atoms with Crippen LogP contribution in [0.25, 0.3) is 0 Å². The minimum Gasteiger partial charge on any atom is -0.466 e. The van der Waals surface area contributed by atoms with Crippen LogP contribution in [0.5, 0.6) is 0 Å². The van der Waals surface area contributed by atoms with Crippen LogP contribution in [-0.4, -0.2) is 32.1 Å². The summed E-state index contributed by atoms with van der Waals surface area (Å²) in [5.41, 5.74) is 0. The lowest BCUT2D eigenvalue weighted by Gasteiger charge is -2.17. The fourth-order valence-electron chi connectivity index (χ4n) is 2.26. The van der Waals surface area contributed by atoms with Crippen molar-refractivity contribution in [2.75, 3.05) is 19.8 Å². The molecule has 0 aliphatic heterocycles. The predicted octanol–water partition coefficient (Wildman–Crippen LogP) is 6.29. The van der Waals surface area contributed by atoms with Gasteiger partial charge in [0.1, 0.15) is 0 Å². The average Bonchev–Trinajstić information content (AvgIpc) is 2.70. The van der Waals surface area contributed by atoms with Crippen molar-refractivity contribution < 1.29 is 19.0 Å². The Morgan fingerprint density at radius 1 is 0.821 bits per heavy atom. The van der Waals surface area contributed by atoms with E-state index in [1.165, 1.54) is 0 Å². The summed E-state index contributed by atoms with van der Waals surface area (Å²) in [5.74, 6) is -0.187. The van der Waals surface area contributed by atoms with Gasteiger partial charge in [-0.2, -0.15) is 0 Å². The molecule has 0 saturated heterocycles. The fraction of sp³-hybridized carbons (Fsp3) is 0.625. The monoisotopic (exact) mass is 392 g/mol. The molecule has 0 aromatic heterocycles. The van der Waals surface area contributed by atoms with Crippen LogP contribution in [0.4, 0.5) is 0 Å². The van der Waals surface area contributed by atoms with Crippen LogP contribution >= 0.6 is 0 Å². The molecule has 0 aromatic carbocycles. The maximum atomic E-state index is 11.7. The maximum Gasteiger partial charge on any atom is 0.305 e. The van der Waals surface area contributed by atoms with Gasteiger partial charge < -0.3 is 14.2 Å².